The maximum Gasteiger partial charge on any atom is 0.344 e. The normalized spacial score (nSPS) is 12.0. The van der Waals surface area contributed by atoms with Gasteiger partial charge in [0.2, 0.25) is 0 Å². The Hall–Kier alpha value is -4.04. The first kappa shape index (κ1) is 23.7. The molecule has 0 fully saturated rings. The Labute approximate surface area is 216 Å². The fourth-order valence-electron chi connectivity index (χ4n) is 4.25. The number of carbonyl (C=O) groups is 2. The van der Waals surface area contributed by atoms with Gasteiger partial charge in [-0.1, -0.05) is 64.5 Å². The topological polar surface area (TPSA) is 86.1 Å². The number of rotatable bonds is 6. The van der Waals surface area contributed by atoms with Crippen LogP contribution in [0.15, 0.2) is 83.3 Å². The summed E-state index contributed by atoms with van der Waals surface area (Å²) >= 11 is 3.42. The van der Waals surface area contributed by atoms with Crippen molar-refractivity contribution >= 4 is 55.8 Å². The zero-order chi connectivity index (χ0) is 25.2. The van der Waals surface area contributed by atoms with Gasteiger partial charge >= 0.3 is 5.97 Å². The molecule has 1 N–H and O–H groups in total. The molecule has 0 bridgehead atoms. The highest BCUT2D eigenvalue weighted by atomic mass is 79.9. The number of anilines is 1. The minimum atomic E-state index is -0.573. The van der Waals surface area contributed by atoms with Crippen LogP contribution in [0.1, 0.15) is 46.2 Å². The predicted molar refractivity (Wildman–Crippen MR) is 143 cm³/mol. The quantitative estimate of drug-likeness (QED) is 0.251. The first-order chi connectivity index (χ1) is 17.5. The summed E-state index contributed by atoms with van der Waals surface area (Å²) in [5.41, 5.74) is 3.79. The molecule has 1 atom stereocenters. The van der Waals surface area contributed by atoms with E-state index in [9.17, 15) is 9.59 Å². The van der Waals surface area contributed by atoms with Gasteiger partial charge in [0.15, 0.2) is 5.65 Å². The molecule has 0 aliphatic rings. The van der Waals surface area contributed by atoms with Crippen molar-refractivity contribution in [2.75, 3.05) is 11.9 Å². The number of halogens is 1. The number of nitrogens with zero attached hydrogens (tertiary/aromatic N) is 3. The van der Waals surface area contributed by atoms with E-state index in [4.69, 9.17) is 14.7 Å². The Kier molecular flexibility index (Phi) is 6.52. The second kappa shape index (κ2) is 9.91. The van der Waals surface area contributed by atoms with Crippen molar-refractivity contribution in [2.24, 2.45) is 0 Å². The second-order valence-corrected chi connectivity index (χ2v) is 9.17. The summed E-state index contributed by atoms with van der Waals surface area (Å²) in [6.07, 6.45) is 0. The van der Waals surface area contributed by atoms with E-state index in [1.165, 1.54) is 0 Å². The third kappa shape index (κ3) is 4.35. The van der Waals surface area contributed by atoms with E-state index in [0.717, 1.165) is 10.0 Å². The maximum absolute atomic E-state index is 13.4. The van der Waals surface area contributed by atoms with Crippen LogP contribution in [0.4, 0.5) is 5.82 Å². The summed E-state index contributed by atoms with van der Waals surface area (Å²) in [5, 5.41) is 2.98. The van der Waals surface area contributed by atoms with E-state index in [1.807, 2.05) is 72.2 Å². The van der Waals surface area contributed by atoms with E-state index in [1.54, 1.807) is 25.1 Å². The van der Waals surface area contributed by atoms with Crippen LogP contribution >= 0.6 is 15.9 Å². The van der Waals surface area contributed by atoms with Crippen molar-refractivity contribution in [1.29, 1.82) is 0 Å². The number of carbonyl (C=O) groups excluding carboxylic acids is 2. The highest BCUT2D eigenvalue weighted by Crippen LogP contribution is 2.36. The van der Waals surface area contributed by atoms with E-state index >= 15 is 0 Å². The van der Waals surface area contributed by atoms with Crippen molar-refractivity contribution in [3.8, 4) is 0 Å². The van der Waals surface area contributed by atoms with Crippen LogP contribution in [0, 0.1) is 0 Å². The summed E-state index contributed by atoms with van der Waals surface area (Å²) in [7, 11) is 0. The number of fused-ring (bicyclic) bond motifs is 2. The minimum Gasteiger partial charge on any atom is -0.462 e. The number of esters is 1. The van der Waals surface area contributed by atoms with Crippen molar-refractivity contribution < 1.29 is 14.3 Å². The van der Waals surface area contributed by atoms with Crippen LogP contribution in [0.3, 0.4) is 0 Å². The summed E-state index contributed by atoms with van der Waals surface area (Å²) in [5.74, 6) is -0.647. The molecule has 0 radical (unpaired) electrons. The molecule has 0 saturated carbocycles. The van der Waals surface area contributed by atoms with E-state index in [-0.39, 0.29) is 24.1 Å². The summed E-state index contributed by atoms with van der Waals surface area (Å²) < 4.78 is 8.04. The lowest BCUT2D eigenvalue weighted by molar-refractivity contribution is 0.0529. The fraction of sp³-hybridized carbons (Fsp3) is 0.143. The number of ether oxygens (including phenoxy) is 1. The van der Waals surface area contributed by atoms with Crippen molar-refractivity contribution in [2.45, 2.75) is 19.9 Å². The van der Waals surface area contributed by atoms with Gasteiger partial charge in [0, 0.05) is 10.0 Å². The van der Waals surface area contributed by atoms with Crippen molar-refractivity contribution in [3.05, 3.63) is 100 Å². The fourth-order valence-corrected chi connectivity index (χ4v) is 4.65. The number of nitrogens with one attached hydrogen (secondary N) is 1. The first-order valence-corrected chi connectivity index (χ1v) is 12.4. The van der Waals surface area contributed by atoms with E-state index < -0.39 is 5.97 Å². The molecule has 0 aliphatic carbocycles. The van der Waals surface area contributed by atoms with Gasteiger partial charge in [-0.25, -0.2) is 14.8 Å². The van der Waals surface area contributed by atoms with Crippen LogP contribution < -0.4 is 5.32 Å². The molecule has 0 aliphatic heterocycles. The molecular formula is C28H23BrN4O3. The number of hydrogen-bond acceptors (Lipinski definition) is 5. The third-order valence-electron chi connectivity index (χ3n) is 5.96. The molecule has 0 spiro atoms. The molecule has 0 saturated heterocycles. The lowest BCUT2D eigenvalue weighted by atomic mass is 10.1. The van der Waals surface area contributed by atoms with Gasteiger partial charge < -0.3 is 14.6 Å². The Morgan fingerprint density at radius 1 is 0.972 bits per heavy atom. The highest BCUT2D eigenvalue weighted by Gasteiger charge is 2.30. The summed E-state index contributed by atoms with van der Waals surface area (Å²) in [4.78, 5) is 36.3. The Balaban J connectivity index is 1.80. The average molecular weight is 543 g/mol. The maximum atomic E-state index is 13.4. The highest BCUT2D eigenvalue weighted by molar-refractivity contribution is 9.10. The lowest BCUT2D eigenvalue weighted by Crippen LogP contribution is -2.20. The largest absolute Gasteiger partial charge is 0.462 e. The Morgan fingerprint density at radius 3 is 2.36 bits per heavy atom. The number of aromatic nitrogens is 3. The number of benzene rings is 3. The smallest absolute Gasteiger partial charge is 0.344 e. The van der Waals surface area contributed by atoms with Crippen LogP contribution in [0.25, 0.3) is 22.2 Å². The van der Waals surface area contributed by atoms with Crippen LogP contribution in [-0.2, 0) is 4.74 Å². The Morgan fingerprint density at radius 2 is 1.67 bits per heavy atom. The van der Waals surface area contributed by atoms with Crippen molar-refractivity contribution in [3.63, 3.8) is 0 Å². The molecule has 5 aromatic rings. The van der Waals surface area contributed by atoms with Gasteiger partial charge in [0.1, 0.15) is 16.9 Å². The zero-order valence-corrected chi connectivity index (χ0v) is 21.3. The SMILES string of the molecule is CCOC(=O)c1c(NC(=O)c2cccc(Br)c2)n(C(C)c2ccccc2)c2nc3ccccc3nc12. The van der Waals surface area contributed by atoms with Crippen molar-refractivity contribution in [1.82, 2.24) is 14.5 Å². The standard InChI is InChI=1S/C28H23BrN4O3/c1-3-36-28(35)23-24-26(31-22-15-8-7-14-21(22)30-24)33(17(2)18-10-5-4-6-11-18)25(23)32-27(34)19-12-9-13-20(29)16-19/h4-17H,3H2,1-2H3,(H,32,34). The van der Waals surface area contributed by atoms with Crippen LogP contribution in [0.2, 0.25) is 0 Å². The van der Waals surface area contributed by atoms with Gasteiger partial charge in [0.25, 0.3) is 5.91 Å². The van der Waals surface area contributed by atoms with Gasteiger partial charge in [-0.2, -0.15) is 0 Å². The minimum absolute atomic E-state index is 0.177. The van der Waals surface area contributed by atoms with Gasteiger partial charge in [-0.3, -0.25) is 4.79 Å². The molecular weight excluding hydrogens is 520 g/mol. The molecule has 3 aromatic carbocycles. The van der Waals surface area contributed by atoms with Crippen LogP contribution in [-0.4, -0.2) is 33.0 Å². The molecule has 2 aromatic heterocycles. The molecule has 1 unspecified atom stereocenters. The van der Waals surface area contributed by atoms with Gasteiger partial charge in [-0.05, 0) is 49.7 Å². The zero-order valence-electron chi connectivity index (χ0n) is 19.7. The molecule has 180 valence electrons. The third-order valence-corrected chi connectivity index (χ3v) is 6.46. The number of amides is 1. The molecule has 8 heteroatoms. The molecule has 5 rings (SSSR count). The lowest BCUT2D eigenvalue weighted by Gasteiger charge is -2.19. The summed E-state index contributed by atoms with van der Waals surface area (Å²) in [6.45, 7) is 3.92. The van der Waals surface area contributed by atoms with Gasteiger partial charge in [0.05, 0.1) is 23.7 Å². The monoisotopic (exact) mass is 542 g/mol. The molecule has 7 nitrogen and oxygen atoms in total. The van der Waals surface area contributed by atoms with E-state index in [0.29, 0.717) is 33.6 Å². The second-order valence-electron chi connectivity index (χ2n) is 8.25. The Bertz CT molecular complexity index is 1600. The average Bonchev–Trinajstić information content (AvgIpc) is 3.19. The van der Waals surface area contributed by atoms with Crippen LogP contribution in [0.5, 0.6) is 0 Å². The number of para-hydroxylation sites is 2. The predicted octanol–water partition coefficient (Wildman–Crippen LogP) is 6.39. The molecule has 36 heavy (non-hydrogen) atoms. The molecule has 2 heterocycles. The summed E-state index contributed by atoms with van der Waals surface area (Å²) in [6, 6.07) is 24.1. The number of hydrogen-bond donors (Lipinski definition) is 1. The molecule has 1 amide bonds. The first-order valence-electron chi connectivity index (χ1n) is 11.6. The van der Waals surface area contributed by atoms with E-state index in [2.05, 4.69) is 21.2 Å². The van der Waals surface area contributed by atoms with Gasteiger partial charge in [-0.15, -0.1) is 0 Å².